The number of carbonyl (C=O) groups is 3. The summed E-state index contributed by atoms with van der Waals surface area (Å²) >= 11 is 1.53. The highest BCUT2D eigenvalue weighted by Crippen LogP contribution is 2.61. The second-order valence-electron chi connectivity index (χ2n) is 10.6. The van der Waals surface area contributed by atoms with Crippen LogP contribution in [0.15, 0.2) is 24.3 Å². The number of nitrogens with zero attached hydrogens (tertiary/aromatic N) is 2. The molecule has 0 saturated carbocycles. The molecule has 0 aromatic carbocycles. The van der Waals surface area contributed by atoms with Gasteiger partial charge in [-0.2, -0.15) is 0 Å². The van der Waals surface area contributed by atoms with Gasteiger partial charge in [-0.25, -0.2) is 0 Å². The van der Waals surface area contributed by atoms with Crippen LogP contribution in [0.4, 0.5) is 0 Å². The minimum atomic E-state index is -0.866. The molecule has 2 amide bonds. The van der Waals surface area contributed by atoms with Crippen LogP contribution in [0.25, 0.3) is 0 Å². The van der Waals surface area contributed by atoms with Crippen molar-refractivity contribution in [3.63, 3.8) is 0 Å². The lowest BCUT2D eigenvalue weighted by atomic mass is 9.78. The fourth-order valence-corrected chi connectivity index (χ4v) is 7.71. The lowest BCUT2D eigenvalue weighted by molar-refractivity contribution is -0.152. The van der Waals surface area contributed by atoms with Crippen molar-refractivity contribution in [2.45, 2.75) is 68.7 Å². The molecule has 4 heterocycles. The van der Waals surface area contributed by atoms with Gasteiger partial charge in [-0.05, 0) is 33.1 Å². The van der Waals surface area contributed by atoms with Crippen molar-refractivity contribution in [2.24, 2.45) is 17.8 Å². The average Bonchev–Trinajstić information content (AvgIpc) is 3.00. The number of esters is 1. The van der Waals surface area contributed by atoms with Crippen molar-refractivity contribution in [3.05, 3.63) is 24.3 Å². The Morgan fingerprint density at radius 1 is 1.22 bits per heavy atom. The van der Waals surface area contributed by atoms with E-state index in [1.165, 1.54) is 11.8 Å². The summed E-state index contributed by atoms with van der Waals surface area (Å²) in [6, 6.07) is -1.25. The highest BCUT2D eigenvalue weighted by atomic mass is 32.2. The Morgan fingerprint density at radius 3 is 2.56 bits per heavy atom. The summed E-state index contributed by atoms with van der Waals surface area (Å²) in [5.41, 5.74) is -0.432. The quantitative estimate of drug-likeness (QED) is 0.508. The molecule has 2 fully saturated rings. The number of amides is 2. The van der Waals surface area contributed by atoms with Crippen molar-refractivity contribution in [1.82, 2.24) is 9.80 Å². The van der Waals surface area contributed by atoms with Crippen LogP contribution < -0.4 is 0 Å². The highest BCUT2D eigenvalue weighted by Gasteiger charge is 2.72. The van der Waals surface area contributed by atoms with Crippen LogP contribution in [0.5, 0.6) is 0 Å². The molecule has 7 nitrogen and oxygen atoms in total. The third-order valence-corrected chi connectivity index (χ3v) is 8.75. The minimum Gasteiger partial charge on any atom is -0.461 e. The number of ether oxygens (including phenoxy) is 1. The van der Waals surface area contributed by atoms with Gasteiger partial charge in [-0.3, -0.25) is 14.4 Å². The molecule has 0 bridgehead atoms. The number of thioether (sulfide) groups is 1. The second kappa shape index (κ2) is 8.20. The summed E-state index contributed by atoms with van der Waals surface area (Å²) in [6.45, 7) is 10.4. The molecule has 1 unspecified atom stereocenters. The van der Waals surface area contributed by atoms with Gasteiger partial charge in [0.25, 0.3) is 0 Å². The van der Waals surface area contributed by atoms with Gasteiger partial charge in [-0.15, -0.1) is 11.8 Å². The largest absolute Gasteiger partial charge is 0.461 e. The van der Waals surface area contributed by atoms with E-state index in [-0.39, 0.29) is 42.2 Å². The first-order valence-electron chi connectivity index (χ1n) is 11.5. The number of cyclic esters (lactones) is 1. The molecule has 1 spiro atoms. The third-order valence-electron chi connectivity index (χ3n) is 7.01. The Kier molecular flexibility index (Phi) is 5.99. The molecule has 0 aromatic heterocycles. The van der Waals surface area contributed by atoms with Crippen LogP contribution in [0, 0.1) is 17.8 Å². The van der Waals surface area contributed by atoms with Crippen molar-refractivity contribution in [1.29, 1.82) is 0 Å². The Hall–Kier alpha value is -1.80. The molecular formula is C24H34N2O5S. The first kappa shape index (κ1) is 23.4. The van der Waals surface area contributed by atoms with E-state index in [9.17, 15) is 19.5 Å². The number of rotatable bonds is 4. The van der Waals surface area contributed by atoms with Gasteiger partial charge in [0, 0.05) is 17.3 Å². The van der Waals surface area contributed by atoms with Gasteiger partial charge in [0.05, 0.1) is 29.2 Å². The number of aliphatic hydroxyl groups is 1. The Bertz CT molecular complexity index is 863. The van der Waals surface area contributed by atoms with Crippen LogP contribution in [0.3, 0.4) is 0 Å². The SMILES string of the molecule is CC(C)C[C@H](CO)N1C(=O)[C@@H]2[C@@H]3C(=O)OCC=C[C@@H]3S[C@@]23C=CCN(C(C)(C)C)C(=O)C13. The van der Waals surface area contributed by atoms with Crippen molar-refractivity contribution >= 4 is 29.5 Å². The molecule has 0 aliphatic carbocycles. The van der Waals surface area contributed by atoms with E-state index in [2.05, 4.69) is 0 Å². The zero-order valence-electron chi connectivity index (χ0n) is 19.5. The van der Waals surface area contributed by atoms with Crippen molar-refractivity contribution in [2.75, 3.05) is 19.8 Å². The molecule has 176 valence electrons. The molecule has 0 radical (unpaired) electrons. The molecular weight excluding hydrogens is 428 g/mol. The van der Waals surface area contributed by atoms with E-state index in [1.54, 1.807) is 9.80 Å². The van der Waals surface area contributed by atoms with Crippen LogP contribution in [-0.4, -0.2) is 80.1 Å². The van der Waals surface area contributed by atoms with Gasteiger partial charge in [0.15, 0.2) is 0 Å². The number of carbonyl (C=O) groups excluding carboxylic acids is 3. The van der Waals surface area contributed by atoms with Gasteiger partial charge in [-0.1, -0.05) is 38.2 Å². The van der Waals surface area contributed by atoms with Gasteiger partial charge < -0.3 is 19.6 Å². The highest BCUT2D eigenvalue weighted by molar-refractivity contribution is 8.02. The molecule has 0 aromatic rings. The molecule has 4 aliphatic heterocycles. The summed E-state index contributed by atoms with van der Waals surface area (Å²) in [7, 11) is 0. The maximum atomic E-state index is 14.1. The van der Waals surface area contributed by atoms with E-state index < -0.39 is 34.2 Å². The number of aliphatic hydroxyl groups excluding tert-OH is 1. The van der Waals surface area contributed by atoms with Crippen molar-refractivity contribution in [3.8, 4) is 0 Å². The van der Waals surface area contributed by atoms with Gasteiger partial charge >= 0.3 is 5.97 Å². The normalized spacial score (nSPS) is 35.4. The average molecular weight is 463 g/mol. The summed E-state index contributed by atoms with van der Waals surface area (Å²) in [6.07, 6.45) is 8.32. The maximum Gasteiger partial charge on any atom is 0.311 e. The van der Waals surface area contributed by atoms with Crippen LogP contribution in [-0.2, 0) is 19.1 Å². The molecule has 2 saturated heterocycles. The van der Waals surface area contributed by atoms with E-state index in [0.29, 0.717) is 13.0 Å². The molecule has 4 rings (SSSR count). The Balaban J connectivity index is 1.87. The Morgan fingerprint density at radius 2 is 1.94 bits per heavy atom. The van der Waals surface area contributed by atoms with Gasteiger partial charge in [0.2, 0.25) is 11.8 Å². The maximum absolute atomic E-state index is 14.1. The summed E-state index contributed by atoms with van der Waals surface area (Å²) in [5.74, 6) is -1.84. The zero-order chi connectivity index (χ0) is 23.4. The lowest BCUT2D eigenvalue weighted by Gasteiger charge is -2.42. The number of hydrogen-bond acceptors (Lipinski definition) is 6. The van der Waals surface area contributed by atoms with Crippen LogP contribution >= 0.6 is 11.8 Å². The van der Waals surface area contributed by atoms with E-state index >= 15 is 0 Å². The van der Waals surface area contributed by atoms with Crippen LogP contribution in [0.1, 0.15) is 41.0 Å². The molecule has 8 heteroatoms. The third kappa shape index (κ3) is 3.50. The predicted octanol–water partition coefficient (Wildman–Crippen LogP) is 2.00. The molecule has 4 aliphatic rings. The summed E-state index contributed by atoms with van der Waals surface area (Å²) in [4.78, 5) is 44.5. The smallest absolute Gasteiger partial charge is 0.311 e. The first-order chi connectivity index (χ1) is 15.0. The topological polar surface area (TPSA) is 87.2 Å². The van der Waals surface area contributed by atoms with E-state index in [4.69, 9.17) is 4.74 Å². The first-order valence-corrected chi connectivity index (χ1v) is 12.3. The molecule has 1 N–H and O–H groups in total. The summed E-state index contributed by atoms with van der Waals surface area (Å²) in [5, 5.41) is 10.0. The molecule has 32 heavy (non-hydrogen) atoms. The summed E-state index contributed by atoms with van der Waals surface area (Å²) < 4.78 is 4.52. The van der Waals surface area contributed by atoms with Crippen molar-refractivity contribution < 1.29 is 24.2 Å². The Labute approximate surface area is 194 Å². The monoisotopic (exact) mass is 462 g/mol. The standard InChI is InChI=1S/C24H34N2O5S/c1-14(2)12-15(13-27)26-19-21(29)25(23(3,4)5)10-7-9-24(19)18(20(26)28)17-16(32-24)8-6-11-31-22(17)30/h6-9,14-19,27H,10-13H2,1-5H3/t15-,16+,17-,18+,19?,24+/m1/s1. The zero-order valence-corrected chi connectivity index (χ0v) is 20.3. The van der Waals surface area contributed by atoms with E-state index in [1.807, 2.05) is 58.9 Å². The number of hydrogen-bond donors (Lipinski definition) is 1. The second-order valence-corrected chi connectivity index (χ2v) is 12.1. The minimum absolute atomic E-state index is 0.123. The fourth-order valence-electron chi connectivity index (χ4n) is 5.73. The number of likely N-dealkylation sites (tertiary alicyclic amines) is 1. The number of fused-ring (bicyclic) bond motifs is 2. The predicted molar refractivity (Wildman–Crippen MR) is 123 cm³/mol. The molecule has 6 atom stereocenters. The van der Waals surface area contributed by atoms with Gasteiger partial charge in [0.1, 0.15) is 12.6 Å². The van der Waals surface area contributed by atoms with E-state index in [0.717, 1.165) is 0 Å². The van der Waals surface area contributed by atoms with Crippen LogP contribution in [0.2, 0.25) is 0 Å². The lowest BCUT2D eigenvalue weighted by Crippen LogP contribution is -2.59. The fraction of sp³-hybridized carbons (Fsp3) is 0.708.